The van der Waals surface area contributed by atoms with Crippen LogP contribution in [0.4, 0.5) is 20.3 Å². The van der Waals surface area contributed by atoms with Gasteiger partial charge >= 0.3 is 5.97 Å². The minimum atomic E-state index is -2.58. The van der Waals surface area contributed by atoms with E-state index >= 15 is 0 Å². The van der Waals surface area contributed by atoms with Gasteiger partial charge in [0, 0.05) is 0 Å². The SMILES string of the molecule is Nc1cnc(NCC(F)F)c(C(=O)O)c1. The van der Waals surface area contributed by atoms with Gasteiger partial charge in [-0.1, -0.05) is 0 Å². The number of aromatic carboxylic acids is 1. The number of pyridine rings is 1. The Morgan fingerprint density at radius 3 is 2.87 bits per heavy atom. The van der Waals surface area contributed by atoms with Gasteiger partial charge in [-0.05, 0) is 6.07 Å². The Kier molecular flexibility index (Phi) is 3.37. The molecule has 0 aliphatic carbocycles. The van der Waals surface area contributed by atoms with E-state index in [1.807, 2.05) is 0 Å². The zero-order chi connectivity index (χ0) is 11.4. The Morgan fingerprint density at radius 1 is 1.67 bits per heavy atom. The molecule has 0 atom stereocenters. The summed E-state index contributed by atoms with van der Waals surface area (Å²) in [6.07, 6.45) is -1.38. The number of hydrogen-bond donors (Lipinski definition) is 3. The summed E-state index contributed by atoms with van der Waals surface area (Å²) in [5.41, 5.74) is 5.26. The van der Waals surface area contributed by atoms with E-state index in [1.165, 1.54) is 6.20 Å². The first-order valence-electron chi connectivity index (χ1n) is 4.01. The summed E-state index contributed by atoms with van der Waals surface area (Å²) in [6.45, 7) is -0.656. The summed E-state index contributed by atoms with van der Waals surface area (Å²) in [4.78, 5) is 14.3. The van der Waals surface area contributed by atoms with E-state index in [0.717, 1.165) is 6.07 Å². The van der Waals surface area contributed by atoms with Crippen LogP contribution in [-0.4, -0.2) is 29.0 Å². The number of hydrogen-bond acceptors (Lipinski definition) is 4. The molecule has 82 valence electrons. The van der Waals surface area contributed by atoms with E-state index in [1.54, 1.807) is 0 Å². The zero-order valence-corrected chi connectivity index (χ0v) is 7.58. The number of carbonyl (C=O) groups is 1. The minimum absolute atomic E-state index is 0.114. The molecule has 0 saturated heterocycles. The number of rotatable bonds is 4. The van der Waals surface area contributed by atoms with E-state index in [2.05, 4.69) is 10.3 Å². The Bertz CT molecular complexity index is 371. The standard InChI is InChI=1S/C8H9F2N3O2/c9-6(10)3-13-7-5(8(14)15)1-4(11)2-12-7/h1-2,6H,3,11H2,(H,12,13)(H,14,15). The molecule has 0 bridgehead atoms. The topological polar surface area (TPSA) is 88.2 Å². The number of nitrogen functional groups attached to an aromatic ring is 1. The van der Waals surface area contributed by atoms with E-state index in [4.69, 9.17) is 10.8 Å². The number of anilines is 2. The van der Waals surface area contributed by atoms with E-state index in [-0.39, 0.29) is 17.1 Å². The molecule has 1 heterocycles. The molecular weight excluding hydrogens is 208 g/mol. The molecule has 0 radical (unpaired) electrons. The van der Waals surface area contributed by atoms with Crippen LogP contribution in [0.1, 0.15) is 10.4 Å². The third-order valence-electron chi connectivity index (χ3n) is 1.56. The van der Waals surface area contributed by atoms with Crippen molar-refractivity contribution in [2.24, 2.45) is 0 Å². The Morgan fingerprint density at radius 2 is 2.33 bits per heavy atom. The van der Waals surface area contributed by atoms with Crippen LogP contribution in [0.2, 0.25) is 0 Å². The van der Waals surface area contributed by atoms with E-state index < -0.39 is 18.9 Å². The van der Waals surface area contributed by atoms with Crippen LogP contribution in [0.3, 0.4) is 0 Å². The Balaban J connectivity index is 2.91. The maximum atomic E-state index is 11.9. The van der Waals surface area contributed by atoms with Gasteiger partial charge in [0.15, 0.2) is 0 Å². The van der Waals surface area contributed by atoms with Gasteiger partial charge in [-0.15, -0.1) is 0 Å². The molecule has 0 fully saturated rings. The highest BCUT2D eigenvalue weighted by molar-refractivity contribution is 5.94. The van der Waals surface area contributed by atoms with Crippen molar-refractivity contribution in [3.05, 3.63) is 17.8 Å². The molecule has 0 aliphatic heterocycles. The summed E-state index contributed by atoms with van der Waals surface area (Å²) in [5.74, 6) is -1.39. The highest BCUT2D eigenvalue weighted by Crippen LogP contribution is 2.15. The van der Waals surface area contributed by atoms with Crippen LogP contribution in [0, 0.1) is 0 Å². The van der Waals surface area contributed by atoms with Crippen molar-refractivity contribution < 1.29 is 18.7 Å². The van der Waals surface area contributed by atoms with Crippen molar-refractivity contribution in [1.29, 1.82) is 0 Å². The molecule has 0 spiro atoms. The number of alkyl halides is 2. The van der Waals surface area contributed by atoms with Gasteiger partial charge in [-0.3, -0.25) is 0 Å². The lowest BCUT2D eigenvalue weighted by atomic mass is 10.2. The van der Waals surface area contributed by atoms with Crippen molar-refractivity contribution >= 4 is 17.5 Å². The molecule has 5 nitrogen and oxygen atoms in total. The van der Waals surface area contributed by atoms with Crippen molar-refractivity contribution in [3.63, 3.8) is 0 Å². The molecule has 0 saturated carbocycles. The van der Waals surface area contributed by atoms with Gasteiger partial charge in [0.05, 0.1) is 18.4 Å². The normalized spacial score (nSPS) is 10.3. The van der Waals surface area contributed by atoms with Crippen LogP contribution < -0.4 is 11.1 Å². The zero-order valence-electron chi connectivity index (χ0n) is 7.58. The first kappa shape index (κ1) is 11.2. The fraction of sp³-hybridized carbons (Fsp3) is 0.250. The van der Waals surface area contributed by atoms with Gasteiger partial charge in [-0.25, -0.2) is 18.6 Å². The van der Waals surface area contributed by atoms with Gasteiger partial charge in [-0.2, -0.15) is 0 Å². The third kappa shape index (κ3) is 3.04. The molecule has 0 aromatic carbocycles. The first-order chi connectivity index (χ1) is 7.00. The largest absolute Gasteiger partial charge is 0.478 e. The van der Waals surface area contributed by atoms with Gasteiger partial charge < -0.3 is 16.2 Å². The molecule has 4 N–H and O–H groups in total. The monoisotopic (exact) mass is 217 g/mol. The summed E-state index contributed by atoms with van der Waals surface area (Å²) < 4.78 is 23.7. The smallest absolute Gasteiger partial charge is 0.339 e. The summed E-state index contributed by atoms with van der Waals surface area (Å²) in [7, 11) is 0. The molecule has 1 aromatic heterocycles. The maximum Gasteiger partial charge on any atom is 0.339 e. The minimum Gasteiger partial charge on any atom is -0.478 e. The number of carboxylic acid groups (broad SMARTS) is 1. The summed E-state index contributed by atoms with van der Waals surface area (Å²) >= 11 is 0. The van der Waals surface area contributed by atoms with E-state index in [0.29, 0.717) is 0 Å². The number of nitrogens with one attached hydrogen (secondary N) is 1. The Labute approximate surface area is 83.9 Å². The average Bonchev–Trinajstić information content (AvgIpc) is 2.15. The van der Waals surface area contributed by atoms with Crippen LogP contribution in [0.25, 0.3) is 0 Å². The number of aromatic nitrogens is 1. The quantitative estimate of drug-likeness (QED) is 0.701. The second-order valence-electron chi connectivity index (χ2n) is 2.74. The second-order valence-corrected chi connectivity index (χ2v) is 2.74. The number of halogens is 2. The first-order valence-corrected chi connectivity index (χ1v) is 4.01. The predicted octanol–water partition coefficient (Wildman–Crippen LogP) is 1.04. The molecular formula is C8H9F2N3O2. The van der Waals surface area contributed by atoms with Crippen molar-refractivity contribution in [2.45, 2.75) is 6.43 Å². The predicted molar refractivity (Wildman–Crippen MR) is 50.1 cm³/mol. The fourth-order valence-corrected chi connectivity index (χ4v) is 0.959. The van der Waals surface area contributed by atoms with Gasteiger partial charge in [0.25, 0.3) is 6.43 Å². The lowest BCUT2D eigenvalue weighted by molar-refractivity contribution is 0.0697. The van der Waals surface area contributed by atoms with Gasteiger partial charge in [0.2, 0.25) is 0 Å². The average molecular weight is 217 g/mol. The van der Waals surface area contributed by atoms with Crippen molar-refractivity contribution in [1.82, 2.24) is 4.98 Å². The molecule has 1 aromatic rings. The number of nitrogens with two attached hydrogens (primary N) is 1. The number of carboxylic acids is 1. The molecule has 0 unspecified atom stereocenters. The molecule has 1 rings (SSSR count). The summed E-state index contributed by atoms with van der Waals surface area (Å²) in [6, 6.07) is 1.16. The van der Waals surface area contributed by atoms with Crippen LogP contribution in [-0.2, 0) is 0 Å². The molecule has 0 amide bonds. The maximum absolute atomic E-state index is 11.9. The lowest BCUT2D eigenvalue weighted by Crippen LogP contribution is -2.14. The van der Waals surface area contributed by atoms with E-state index in [9.17, 15) is 13.6 Å². The lowest BCUT2D eigenvalue weighted by Gasteiger charge is -2.08. The summed E-state index contributed by atoms with van der Waals surface area (Å²) in [5, 5.41) is 11.0. The van der Waals surface area contributed by atoms with Crippen molar-refractivity contribution in [3.8, 4) is 0 Å². The number of nitrogens with zero attached hydrogens (tertiary/aromatic N) is 1. The van der Waals surface area contributed by atoms with Crippen LogP contribution in [0.5, 0.6) is 0 Å². The van der Waals surface area contributed by atoms with Crippen LogP contribution >= 0.6 is 0 Å². The highest BCUT2D eigenvalue weighted by atomic mass is 19.3. The third-order valence-corrected chi connectivity index (χ3v) is 1.56. The second kappa shape index (κ2) is 4.54. The van der Waals surface area contributed by atoms with Crippen molar-refractivity contribution in [2.75, 3.05) is 17.6 Å². The molecule has 15 heavy (non-hydrogen) atoms. The molecule has 0 aliphatic rings. The Hall–Kier alpha value is -1.92. The van der Waals surface area contributed by atoms with Gasteiger partial charge in [0.1, 0.15) is 11.4 Å². The van der Waals surface area contributed by atoms with Crippen LogP contribution in [0.15, 0.2) is 12.3 Å². The molecule has 7 heteroatoms. The highest BCUT2D eigenvalue weighted by Gasteiger charge is 2.13. The fourth-order valence-electron chi connectivity index (χ4n) is 0.959.